The number of carbonyl (C=O) groups is 1. The third-order valence-electron chi connectivity index (χ3n) is 3.70. The molecule has 19 heavy (non-hydrogen) atoms. The van der Waals surface area contributed by atoms with E-state index in [4.69, 9.17) is 0 Å². The zero-order chi connectivity index (χ0) is 13.5. The lowest BCUT2D eigenvalue weighted by Crippen LogP contribution is -2.40. The minimum absolute atomic E-state index is 0.164. The summed E-state index contributed by atoms with van der Waals surface area (Å²) in [5.74, 6) is 5.63. The van der Waals surface area contributed by atoms with Gasteiger partial charge in [-0.25, -0.2) is 0 Å². The predicted molar refractivity (Wildman–Crippen MR) is 75.3 cm³/mol. The Balaban J connectivity index is 2.04. The van der Waals surface area contributed by atoms with E-state index in [2.05, 4.69) is 28.2 Å². The summed E-state index contributed by atoms with van der Waals surface area (Å²) in [5.41, 5.74) is 1.17. The van der Waals surface area contributed by atoms with Gasteiger partial charge in [0.2, 0.25) is 0 Å². The van der Waals surface area contributed by atoms with Crippen molar-refractivity contribution in [2.75, 3.05) is 0 Å². The van der Waals surface area contributed by atoms with Gasteiger partial charge in [-0.2, -0.15) is 0 Å². The molecule has 2 rings (SSSR count). The second-order valence-electron chi connectivity index (χ2n) is 5.06. The maximum Gasteiger partial charge on any atom is 0.296 e. The Kier molecular flexibility index (Phi) is 4.97. The average molecular weight is 256 g/mol. The predicted octanol–water partition coefficient (Wildman–Crippen LogP) is 2.32. The van der Waals surface area contributed by atoms with E-state index >= 15 is 0 Å². The fraction of sp³-hybridized carbons (Fsp3) is 0.500. The Bertz CT molecular complexity index is 467. The summed E-state index contributed by atoms with van der Waals surface area (Å²) < 4.78 is 0. The second kappa shape index (κ2) is 6.94. The first-order chi connectivity index (χ1) is 9.29. The highest BCUT2D eigenvalue weighted by Gasteiger charge is 2.26. The molecular formula is C16H20N2O. The second-order valence-corrected chi connectivity index (χ2v) is 5.06. The summed E-state index contributed by atoms with van der Waals surface area (Å²) in [6.07, 6.45) is 9.42. The number of rotatable bonds is 4. The summed E-state index contributed by atoms with van der Waals surface area (Å²) in [6.45, 7) is 1.69. The Labute approximate surface area is 114 Å². The van der Waals surface area contributed by atoms with Gasteiger partial charge in [-0.3, -0.25) is 9.78 Å². The summed E-state index contributed by atoms with van der Waals surface area (Å²) in [5, 5.41) is 3.07. The van der Waals surface area contributed by atoms with Gasteiger partial charge >= 0.3 is 0 Å². The van der Waals surface area contributed by atoms with Crippen molar-refractivity contribution in [2.24, 2.45) is 5.92 Å². The molecule has 1 amide bonds. The van der Waals surface area contributed by atoms with Gasteiger partial charge < -0.3 is 5.32 Å². The number of carbonyl (C=O) groups excluding carboxylic acids is 1. The molecule has 1 aliphatic rings. The third-order valence-corrected chi connectivity index (χ3v) is 3.70. The molecule has 1 N–H and O–H groups in total. The number of hydrogen-bond acceptors (Lipinski definition) is 2. The van der Waals surface area contributed by atoms with Crippen molar-refractivity contribution in [1.29, 1.82) is 0 Å². The van der Waals surface area contributed by atoms with E-state index in [0.717, 1.165) is 6.42 Å². The van der Waals surface area contributed by atoms with Gasteiger partial charge in [0.05, 0.1) is 0 Å². The highest BCUT2D eigenvalue weighted by Crippen LogP contribution is 2.29. The highest BCUT2D eigenvalue weighted by molar-refractivity contribution is 5.93. The molecule has 0 aromatic carbocycles. The maximum atomic E-state index is 11.7. The minimum atomic E-state index is -0.164. The van der Waals surface area contributed by atoms with Crippen molar-refractivity contribution in [2.45, 2.75) is 45.1 Å². The smallest absolute Gasteiger partial charge is 0.296 e. The molecule has 1 saturated carbocycles. The van der Waals surface area contributed by atoms with Gasteiger partial charge in [0, 0.05) is 18.4 Å². The van der Waals surface area contributed by atoms with Crippen LogP contribution in [0.1, 0.15) is 38.2 Å². The van der Waals surface area contributed by atoms with E-state index in [1.54, 1.807) is 13.1 Å². The summed E-state index contributed by atoms with van der Waals surface area (Å²) in [7, 11) is 0. The van der Waals surface area contributed by atoms with Crippen molar-refractivity contribution in [3.63, 3.8) is 0 Å². The molecule has 3 nitrogen and oxygen atoms in total. The van der Waals surface area contributed by atoms with Crippen LogP contribution in [0.4, 0.5) is 0 Å². The van der Waals surface area contributed by atoms with Crippen LogP contribution in [0.2, 0.25) is 0 Å². The van der Waals surface area contributed by atoms with Crippen LogP contribution < -0.4 is 5.32 Å². The van der Waals surface area contributed by atoms with E-state index in [1.807, 2.05) is 12.3 Å². The molecule has 3 heteroatoms. The topological polar surface area (TPSA) is 42.0 Å². The fourth-order valence-electron chi connectivity index (χ4n) is 2.79. The molecule has 1 heterocycles. The Morgan fingerprint density at radius 1 is 1.53 bits per heavy atom. The number of nitrogens with one attached hydrogen (secondary N) is 1. The van der Waals surface area contributed by atoms with Crippen LogP contribution >= 0.6 is 0 Å². The molecule has 0 bridgehead atoms. The van der Waals surface area contributed by atoms with Crippen molar-refractivity contribution in [3.8, 4) is 11.8 Å². The molecule has 0 aliphatic heterocycles. The number of hydrogen-bond donors (Lipinski definition) is 1. The normalized spacial score (nSPS) is 16.5. The average Bonchev–Trinajstić information content (AvgIpc) is 2.93. The molecule has 1 unspecified atom stereocenters. The zero-order valence-corrected chi connectivity index (χ0v) is 11.4. The Morgan fingerprint density at radius 3 is 2.95 bits per heavy atom. The maximum absolute atomic E-state index is 11.7. The van der Waals surface area contributed by atoms with E-state index in [9.17, 15) is 4.79 Å². The Hall–Kier alpha value is -1.82. The fourth-order valence-corrected chi connectivity index (χ4v) is 2.79. The van der Waals surface area contributed by atoms with Gasteiger partial charge in [-0.15, -0.1) is 0 Å². The molecule has 1 aliphatic carbocycles. The molecule has 0 spiro atoms. The van der Waals surface area contributed by atoms with Crippen molar-refractivity contribution < 1.29 is 4.79 Å². The molecule has 100 valence electrons. The van der Waals surface area contributed by atoms with Crippen molar-refractivity contribution in [3.05, 3.63) is 30.1 Å². The van der Waals surface area contributed by atoms with E-state index in [1.165, 1.54) is 31.2 Å². The standard InChI is InChI=1S/C16H20N2O/c1-2-6-16(19)18-15(14-8-3-4-9-14)11-13-7-5-10-17-12-13/h5,7,10,12,14-15H,3-4,8-9,11H2,1H3,(H,18,19). The van der Waals surface area contributed by atoms with E-state index < -0.39 is 0 Å². The van der Waals surface area contributed by atoms with Gasteiger partial charge in [-0.05, 0) is 49.7 Å². The lowest BCUT2D eigenvalue weighted by atomic mass is 9.92. The van der Waals surface area contributed by atoms with E-state index in [-0.39, 0.29) is 11.9 Å². The van der Waals surface area contributed by atoms with Crippen molar-refractivity contribution in [1.82, 2.24) is 10.3 Å². The summed E-state index contributed by atoms with van der Waals surface area (Å²) in [4.78, 5) is 15.8. The summed E-state index contributed by atoms with van der Waals surface area (Å²) >= 11 is 0. The molecule has 0 radical (unpaired) electrons. The SMILES string of the molecule is CC#CC(=O)NC(Cc1cccnc1)C1CCCC1. The minimum Gasteiger partial charge on any atom is -0.342 e. The quantitative estimate of drug-likeness (QED) is 0.840. The zero-order valence-electron chi connectivity index (χ0n) is 11.4. The number of aromatic nitrogens is 1. The first-order valence-corrected chi connectivity index (χ1v) is 6.91. The van der Waals surface area contributed by atoms with Crippen LogP contribution in [0.15, 0.2) is 24.5 Å². The van der Waals surface area contributed by atoms with Gasteiger partial charge in [0.1, 0.15) is 0 Å². The van der Waals surface area contributed by atoms with Crippen LogP contribution in [0, 0.1) is 17.8 Å². The number of nitrogens with zero attached hydrogens (tertiary/aromatic N) is 1. The van der Waals surface area contributed by atoms with Gasteiger partial charge in [0.15, 0.2) is 0 Å². The van der Waals surface area contributed by atoms with Crippen LogP contribution in [-0.2, 0) is 11.2 Å². The van der Waals surface area contributed by atoms with E-state index in [0.29, 0.717) is 5.92 Å². The van der Waals surface area contributed by atoms with Crippen LogP contribution in [-0.4, -0.2) is 16.9 Å². The van der Waals surface area contributed by atoms with Crippen LogP contribution in [0.25, 0.3) is 0 Å². The van der Waals surface area contributed by atoms with Gasteiger partial charge in [0.25, 0.3) is 5.91 Å². The Morgan fingerprint density at radius 2 is 2.32 bits per heavy atom. The van der Waals surface area contributed by atoms with Crippen molar-refractivity contribution >= 4 is 5.91 Å². The summed E-state index contributed by atoms with van der Waals surface area (Å²) in [6, 6.07) is 4.18. The molecule has 1 aromatic rings. The highest BCUT2D eigenvalue weighted by atomic mass is 16.1. The largest absolute Gasteiger partial charge is 0.342 e. The monoisotopic (exact) mass is 256 g/mol. The molecule has 0 saturated heterocycles. The molecule has 1 aromatic heterocycles. The van der Waals surface area contributed by atoms with Crippen LogP contribution in [0.3, 0.4) is 0 Å². The molecular weight excluding hydrogens is 236 g/mol. The first kappa shape index (κ1) is 13.6. The molecule has 1 fully saturated rings. The lowest BCUT2D eigenvalue weighted by molar-refractivity contribution is -0.116. The van der Waals surface area contributed by atoms with Gasteiger partial charge in [-0.1, -0.05) is 24.8 Å². The molecule has 1 atom stereocenters. The number of amides is 1. The van der Waals surface area contributed by atoms with Crippen LogP contribution in [0.5, 0.6) is 0 Å². The third kappa shape index (κ3) is 4.10. The number of pyridine rings is 1. The first-order valence-electron chi connectivity index (χ1n) is 6.91. The lowest BCUT2D eigenvalue weighted by Gasteiger charge is -2.23.